The summed E-state index contributed by atoms with van der Waals surface area (Å²) in [5, 5.41) is 28.6. The van der Waals surface area contributed by atoms with Gasteiger partial charge in [0.05, 0.1) is 16.9 Å². The highest BCUT2D eigenvalue weighted by atomic mass is 32.2. The van der Waals surface area contributed by atoms with Crippen molar-refractivity contribution in [2.75, 3.05) is 0 Å². The monoisotopic (exact) mass is 333 g/mol. The fraction of sp³-hybridized carbons (Fsp3) is 0.0667. The van der Waals surface area contributed by atoms with Crippen LogP contribution >= 0.6 is 11.8 Å². The maximum atomic E-state index is 10.9. The summed E-state index contributed by atoms with van der Waals surface area (Å²) in [6.07, 6.45) is -0.336. The summed E-state index contributed by atoms with van der Waals surface area (Å²) in [6.45, 7) is 0. The minimum absolute atomic E-state index is 0.142. The van der Waals surface area contributed by atoms with Gasteiger partial charge in [-0.3, -0.25) is 14.9 Å². The van der Waals surface area contributed by atoms with Crippen LogP contribution in [0.15, 0.2) is 52.3 Å². The molecule has 23 heavy (non-hydrogen) atoms. The molecule has 0 fully saturated rings. The Bertz CT molecular complexity index is 772. The van der Waals surface area contributed by atoms with E-state index in [1.54, 1.807) is 12.1 Å². The first-order valence-electron chi connectivity index (χ1n) is 6.37. The van der Waals surface area contributed by atoms with Gasteiger partial charge in [-0.05, 0) is 35.9 Å². The average Bonchev–Trinajstić information content (AvgIpc) is 2.48. The van der Waals surface area contributed by atoms with E-state index in [4.69, 9.17) is 10.2 Å². The van der Waals surface area contributed by atoms with Crippen molar-refractivity contribution in [3.05, 3.63) is 63.7 Å². The fourth-order valence-electron chi connectivity index (χ4n) is 1.87. The Balaban J connectivity index is 2.32. The number of carboxylic acid groups (broad SMARTS) is 2. The van der Waals surface area contributed by atoms with Crippen LogP contribution in [-0.4, -0.2) is 27.1 Å². The van der Waals surface area contributed by atoms with Crippen LogP contribution in [0.1, 0.15) is 15.9 Å². The third kappa shape index (κ3) is 4.30. The highest BCUT2D eigenvalue weighted by molar-refractivity contribution is 7.99. The summed E-state index contributed by atoms with van der Waals surface area (Å²) in [5.74, 6) is -2.13. The van der Waals surface area contributed by atoms with Crippen molar-refractivity contribution in [1.29, 1.82) is 0 Å². The molecule has 2 aromatic rings. The molecule has 0 amide bonds. The van der Waals surface area contributed by atoms with E-state index in [2.05, 4.69) is 0 Å². The first-order chi connectivity index (χ1) is 10.9. The molecule has 0 aliphatic rings. The Kier molecular flexibility index (Phi) is 4.97. The molecule has 8 heteroatoms. The number of nitro benzene ring substituents is 1. The highest BCUT2D eigenvalue weighted by Gasteiger charge is 2.14. The minimum atomic E-state index is -1.09. The number of aliphatic carboxylic acids is 1. The largest absolute Gasteiger partial charge is 0.481 e. The molecule has 2 aromatic carbocycles. The van der Waals surface area contributed by atoms with Gasteiger partial charge in [0.15, 0.2) is 0 Å². The predicted octanol–water partition coefficient (Wildman–Crippen LogP) is 3.07. The second-order valence-electron chi connectivity index (χ2n) is 4.55. The zero-order chi connectivity index (χ0) is 17.0. The van der Waals surface area contributed by atoms with Gasteiger partial charge >= 0.3 is 11.9 Å². The predicted molar refractivity (Wildman–Crippen MR) is 82.0 cm³/mol. The summed E-state index contributed by atoms with van der Waals surface area (Å²) in [4.78, 5) is 33.2. The molecule has 0 unspecified atom stereocenters. The van der Waals surface area contributed by atoms with Crippen molar-refractivity contribution in [1.82, 2.24) is 0 Å². The molecule has 0 aliphatic heterocycles. The van der Waals surface area contributed by atoms with Crippen molar-refractivity contribution in [2.45, 2.75) is 16.2 Å². The molecule has 0 radical (unpaired) electrons. The molecular formula is C15H11NO6S. The third-order valence-electron chi connectivity index (χ3n) is 2.93. The SMILES string of the molecule is O=C(O)Cc1cc([N+](=O)[O-])ccc1Sc1ccc(C(=O)O)cc1. The molecule has 0 saturated heterocycles. The molecule has 0 aromatic heterocycles. The van der Waals surface area contributed by atoms with E-state index < -0.39 is 16.9 Å². The van der Waals surface area contributed by atoms with Crippen LogP contribution in [0.25, 0.3) is 0 Å². The van der Waals surface area contributed by atoms with Gasteiger partial charge in [-0.25, -0.2) is 4.79 Å². The minimum Gasteiger partial charge on any atom is -0.481 e. The van der Waals surface area contributed by atoms with Crippen molar-refractivity contribution in [2.24, 2.45) is 0 Å². The lowest BCUT2D eigenvalue weighted by Crippen LogP contribution is -2.02. The number of hydrogen-bond donors (Lipinski definition) is 2. The topological polar surface area (TPSA) is 118 Å². The normalized spacial score (nSPS) is 10.3. The maximum Gasteiger partial charge on any atom is 0.335 e. The van der Waals surface area contributed by atoms with E-state index in [0.717, 1.165) is 0 Å². The number of aromatic carboxylic acids is 1. The molecule has 0 heterocycles. The van der Waals surface area contributed by atoms with E-state index in [0.29, 0.717) is 15.4 Å². The highest BCUT2D eigenvalue weighted by Crippen LogP contribution is 2.33. The number of benzene rings is 2. The van der Waals surface area contributed by atoms with Crippen LogP contribution in [0, 0.1) is 10.1 Å². The Morgan fingerprint density at radius 3 is 2.26 bits per heavy atom. The number of carbonyl (C=O) groups is 2. The molecule has 0 atom stereocenters. The van der Waals surface area contributed by atoms with Crippen LogP contribution in [0.5, 0.6) is 0 Å². The Morgan fingerprint density at radius 1 is 1.09 bits per heavy atom. The van der Waals surface area contributed by atoms with Gasteiger partial charge in [-0.2, -0.15) is 0 Å². The van der Waals surface area contributed by atoms with Gasteiger partial charge in [-0.15, -0.1) is 0 Å². The van der Waals surface area contributed by atoms with Crippen molar-refractivity contribution >= 4 is 29.4 Å². The smallest absolute Gasteiger partial charge is 0.335 e. The van der Waals surface area contributed by atoms with Gasteiger partial charge in [0.25, 0.3) is 5.69 Å². The van der Waals surface area contributed by atoms with Gasteiger partial charge in [-0.1, -0.05) is 11.8 Å². The quantitative estimate of drug-likeness (QED) is 0.616. The molecule has 2 N–H and O–H groups in total. The maximum absolute atomic E-state index is 10.9. The van der Waals surface area contributed by atoms with Crippen LogP contribution in [0.2, 0.25) is 0 Å². The Morgan fingerprint density at radius 2 is 1.74 bits per heavy atom. The van der Waals surface area contributed by atoms with Crippen LogP contribution < -0.4 is 0 Å². The van der Waals surface area contributed by atoms with E-state index in [1.165, 1.54) is 42.1 Å². The molecule has 0 saturated carbocycles. The van der Waals surface area contributed by atoms with Crippen molar-refractivity contribution in [3.63, 3.8) is 0 Å². The zero-order valence-electron chi connectivity index (χ0n) is 11.6. The second-order valence-corrected chi connectivity index (χ2v) is 5.67. The van der Waals surface area contributed by atoms with E-state index in [9.17, 15) is 19.7 Å². The molecule has 2 rings (SSSR count). The van der Waals surface area contributed by atoms with Gasteiger partial charge in [0, 0.05) is 21.9 Å². The van der Waals surface area contributed by atoms with Crippen LogP contribution in [-0.2, 0) is 11.2 Å². The summed E-state index contributed by atoms with van der Waals surface area (Å²) in [5.41, 5.74) is 0.301. The lowest BCUT2D eigenvalue weighted by Gasteiger charge is -2.08. The molecule has 0 spiro atoms. The van der Waals surface area contributed by atoms with Crippen LogP contribution in [0.3, 0.4) is 0 Å². The van der Waals surface area contributed by atoms with E-state index >= 15 is 0 Å². The zero-order valence-corrected chi connectivity index (χ0v) is 12.4. The number of non-ortho nitro benzene ring substituents is 1. The third-order valence-corrected chi connectivity index (χ3v) is 4.05. The average molecular weight is 333 g/mol. The number of nitro groups is 1. The van der Waals surface area contributed by atoms with Crippen molar-refractivity contribution < 1.29 is 24.7 Å². The fourth-order valence-corrected chi connectivity index (χ4v) is 2.80. The van der Waals surface area contributed by atoms with E-state index in [1.807, 2.05) is 0 Å². The molecular weight excluding hydrogens is 322 g/mol. The standard InChI is InChI=1S/C15H11NO6S/c17-14(18)8-10-7-11(16(21)22)3-6-13(10)23-12-4-1-9(2-5-12)15(19)20/h1-7H,8H2,(H,17,18)(H,19,20). The first kappa shape index (κ1) is 16.5. The number of nitrogens with zero attached hydrogens (tertiary/aromatic N) is 1. The van der Waals surface area contributed by atoms with Crippen molar-refractivity contribution in [3.8, 4) is 0 Å². The number of hydrogen-bond acceptors (Lipinski definition) is 5. The summed E-state index contributed by atoms with van der Waals surface area (Å²) in [6, 6.07) is 10.1. The first-order valence-corrected chi connectivity index (χ1v) is 7.19. The molecule has 0 bridgehead atoms. The Hall–Kier alpha value is -2.87. The molecule has 7 nitrogen and oxygen atoms in total. The van der Waals surface area contributed by atoms with Crippen LogP contribution in [0.4, 0.5) is 5.69 Å². The van der Waals surface area contributed by atoms with Gasteiger partial charge < -0.3 is 10.2 Å². The summed E-state index contributed by atoms with van der Waals surface area (Å²) < 4.78 is 0. The van der Waals surface area contributed by atoms with Gasteiger partial charge in [0.2, 0.25) is 0 Å². The number of carboxylic acids is 2. The summed E-state index contributed by atoms with van der Waals surface area (Å²) >= 11 is 1.22. The molecule has 118 valence electrons. The lowest BCUT2D eigenvalue weighted by atomic mass is 10.1. The van der Waals surface area contributed by atoms with E-state index in [-0.39, 0.29) is 17.7 Å². The molecule has 0 aliphatic carbocycles. The lowest BCUT2D eigenvalue weighted by molar-refractivity contribution is -0.385. The summed E-state index contributed by atoms with van der Waals surface area (Å²) in [7, 11) is 0. The van der Waals surface area contributed by atoms with Gasteiger partial charge in [0.1, 0.15) is 0 Å². The second kappa shape index (κ2) is 6.93. The number of rotatable bonds is 6. The Labute approximate surface area is 134 Å².